The summed E-state index contributed by atoms with van der Waals surface area (Å²) in [6, 6.07) is 6.52. The van der Waals surface area contributed by atoms with E-state index in [0.29, 0.717) is 0 Å². The van der Waals surface area contributed by atoms with Crippen LogP contribution < -0.4 is 4.52 Å². The van der Waals surface area contributed by atoms with E-state index in [1.165, 1.54) is 12.1 Å². The molecule has 0 radical (unpaired) electrons. The summed E-state index contributed by atoms with van der Waals surface area (Å²) in [5.74, 6) is 0.228. The predicted molar refractivity (Wildman–Crippen MR) is 63.6 cm³/mol. The monoisotopic (exact) mass is 236 g/mol. The number of rotatable bonds is 2. The smallest absolute Gasteiger partial charge is 0.421 e. The Bertz CT molecular complexity index is 225. The van der Waals surface area contributed by atoms with Crippen LogP contribution in [0.2, 0.25) is 0 Å². The molecule has 1 nitrogen and oxygen atoms in total. The fourth-order valence-corrected chi connectivity index (χ4v) is 0.960. The van der Waals surface area contributed by atoms with Crippen LogP contribution in [0.5, 0.6) is 5.75 Å². The summed E-state index contributed by atoms with van der Waals surface area (Å²) in [6.45, 7) is 9.89. The highest BCUT2D eigenvalue weighted by Crippen LogP contribution is 2.40. The van der Waals surface area contributed by atoms with Gasteiger partial charge in [0.2, 0.25) is 0 Å². The average Bonchev–Trinajstić information content (AvgIpc) is 2.27. The standard InChI is InChI=1S/C7H7F2OP.2C2H6/c1-6-2-4-7(5-3-6)10-11(8)9;2*1-2/h2-5H,1H3;2*1-2H3. The molecule has 0 aliphatic rings. The number of halogens is 2. The fourth-order valence-electron chi connectivity index (χ4n) is 0.679. The Balaban J connectivity index is 0. The van der Waals surface area contributed by atoms with Crippen LogP contribution >= 0.6 is 8.77 Å². The van der Waals surface area contributed by atoms with E-state index in [2.05, 4.69) is 4.52 Å². The lowest BCUT2D eigenvalue weighted by Gasteiger charge is -2.01. The molecule has 0 amide bonds. The predicted octanol–water partition coefficient (Wildman–Crippen LogP) is 5.59. The number of hydrogen-bond donors (Lipinski definition) is 0. The highest BCUT2D eigenvalue weighted by Gasteiger charge is 2.05. The van der Waals surface area contributed by atoms with Crippen LogP contribution in [0.4, 0.5) is 8.39 Å². The molecule has 0 aliphatic carbocycles. The molecule has 0 heterocycles. The van der Waals surface area contributed by atoms with Crippen molar-refractivity contribution in [1.82, 2.24) is 0 Å². The van der Waals surface area contributed by atoms with Gasteiger partial charge in [-0.3, -0.25) is 0 Å². The van der Waals surface area contributed by atoms with Crippen molar-refractivity contribution in [3.8, 4) is 5.75 Å². The van der Waals surface area contributed by atoms with Crippen LogP contribution in [-0.2, 0) is 0 Å². The van der Waals surface area contributed by atoms with Gasteiger partial charge < -0.3 is 4.52 Å². The number of hydrogen-bond acceptors (Lipinski definition) is 1. The highest BCUT2D eigenvalue weighted by molar-refractivity contribution is 7.41. The topological polar surface area (TPSA) is 9.23 Å². The largest absolute Gasteiger partial charge is 0.481 e. The minimum absolute atomic E-state index is 0.228. The summed E-state index contributed by atoms with van der Waals surface area (Å²) in [5.41, 5.74) is 1.03. The van der Waals surface area contributed by atoms with E-state index in [1.807, 2.05) is 34.6 Å². The highest BCUT2D eigenvalue weighted by atomic mass is 31.2. The summed E-state index contributed by atoms with van der Waals surface area (Å²) in [6.07, 6.45) is 0. The molecule has 0 spiro atoms. The Morgan fingerprint density at radius 1 is 0.933 bits per heavy atom. The first-order chi connectivity index (χ1) is 7.18. The molecule has 1 aromatic rings. The van der Waals surface area contributed by atoms with E-state index in [4.69, 9.17) is 0 Å². The van der Waals surface area contributed by atoms with E-state index in [1.54, 1.807) is 12.1 Å². The molecule has 0 aromatic heterocycles. The maximum Gasteiger partial charge on any atom is 0.481 e. The van der Waals surface area contributed by atoms with E-state index in [0.717, 1.165) is 5.56 Å². The first kappa shape index (κ1) is 16.7. The van der Waals surface area contributed by atoms with Crippen molar-refractivity contribution in [2.75, 3.05) is 0 Å². The molecule has 1 aromatic carbocycles. The van der Waals surface area contributed by atoms with Gasteiger partial charge in [0, 0.05) is 0 Å². The van der Waals surface area contributed by atoms with Gasteiger partial charge in [-0.05, 0) is 19.1 Å². The maximum absolute atomic E-state index is 11.7. The van der Waals surface area contributed by atoms with Gasteiger partial charge >= 0.3 is 8.77 Å². The quantitative estimate of drug-likeness (QED) is 0.608. The van der Waals surface area contributed by atoms with Crippen LogP contribution in [0.15, 0.2) is 24.3 Å². The van der Waals surface area contributed by atoms with Gasteiger partial charge in [-0.2, -0.15) is 0 Å². The van der Waals surface area contributed by atoms with Crippen molar-refractivity contribution in [1.29, 1.82) is 0 Å². The molecular weight excluding hydrogens is 217 g/mol. The van der Waals surface area contributed by atoms with Gasteiger partial charge in [-0.15, -0.1) is 8.39 Å². The Hall–Kier alpha value is -0.690. The molecule has 0 unspecified atom stereocenters. The van der Waals surface area contributed by atoms with Gasteiger partial charge in [0.05, 0.1) is 0 Å². The normalized spacial score (nSPS) is 8.27. The molecule has 0 saturated heterocycles. The van der Waals surface area contributed by atoms with Gasteiger partial charge in [0.1, 0.15) is 5.75 Å². The Kier molecular flexibility index (Phi) is 12.7. The second kappa shape index (κ2) is 11.4. The molecule has 88 valence electrons. The van der Waals surface area contributed by atoms with Crippen LogP contribution in [0, 0.1) is 6.92 Å². The summed E-state index contributed by atoms with van der Waals surface area (Å²) in [7, 11) is -3.29. The second-order valence-corrected chi connectivity index (χ2v) is 2.69. The number of benzene rings is 1. The lowest BCUT2D eigenvalue weighted by molar-refractivity contribution is 0.507. The summed E-state index contributed by atoms with van der Waals surface area (Å²) in [4.78, 5) is 0. The van der Waals surface area contributed by atoms with Gasteiger partial charge in [-0.25, -0.2) is 0 Å². The lowest BCUT2D eigenvalue weighted by Crippen LogP contribution is -1.78. The van der Waals surface area contributed by atoms with Crippen molar-refractivity contribution in [3.05, 3.63) is 29.8 Å². The zero-order valence-electron chi connectivity index (χ0n) is 9.92. The molecule has 1 rings (SSSR count). The van der Waals surface area contributed by atoms with Crippen molar-refractivity contribution >= 4 is 8.77 Å². The SMILES string of the molecule is CC.CC.Cc1ccc(OP(F)F)cc1. The lowest BCUT2D eigenvalue weighted by atomic mass is 10.2. The fraction of sp³-hybridized carbons (Fsp3) is 0.455. The second-order valence-electron chi connectivity index (χ2n) is 2.11. The molecular formula is C11H19F2OP. The summed E-state index contributed by atoms with van der Waals surface area (Å²) < 4.78 is 27.5. The van der Waals surface area contributed by atoms with Crippen molar-refractivity contribution < 1.29 is 12.9 Å². The minimum Gasteiger partial charge on any atom is -0.421 e. The van der Waals surface area contributed by atoms with Crippen molar-refractivity contribution in [2.45, 2.75) is 34.6 Å². The first-order valence-electron chi connectivity index (χ1n) is 5.05. The Morgan fingerprint density at radius 3 is 1.67 bits per heavy atom. The summed E-state index contributed by atoms with van der Waals surface area (Å²) in [5, 5.41) is 0. The molecule has 0 fully saturated rings. The number of aryl methyl sites for hydroxylation is 1. The van der Waals surface area contributed by atoms with Gasteiger partial charge in [0.15, 0.2) is 0 Å². The van der Waals surface area contributed by atoms with E-state index in [-0.39, 0.29) is 5.75 Å². The Morgan fingerprint density at radius 2 is 1.33 bits per heavy atom. The van der Waals surface area contributed by atoms with E-state index in [9.17, 15) is 8.39 Å². The van der Waals surface area contributed by atoms with Gasteiger partial charge in [-0.1, -0.05) is 45.4 Å². The van der Waals surface area contributed by atoms with Crippen LogP contribution in [0.1, 0.15) is 33.3 Å². The maximum atomic E-state index is 11.7. The third-order valence-corrected chi connectivity index (χ3v) is 1.54. The molecule has 15 heavy (non-hydrogen) atoms. The molecule has 0 aliphatic heterocycles. The van der Waals surface area contributed by atoms with Gasteiger partial charge in [0.25, 0.3) is 0 Å². The van der Waals surface area contributed by atoms with Crippen LogP contribution in [-0.4, -0.2) is 0 Å². The van der Waals surface area contributed by atoms with Crippen LogP contribution in [0.25, 0.3) is 0 Å². The zero-order chi connectivity index (χ0) is 12.3. The Labute approximate surface area is 92.5 Å². The van der Waals surface area contributed by atoms with Crippen molar-refractivity contribution in [2.24, 2.45) is 0 Å². The third-order valence-electron chi connectivity index (χ3n) is 1.20. The van der Waals surface area contributed by atoms with E-state index < -0.39 is 8.77 Å². The molecule has 0 N–H and O–H groups in total. The first-order valence-corrected chi connectivity index (χ1v) is 6.09. The molecule has 0 bridgehead atoms. The van der Waals surface area contributed by atoms with Crippen molar-refractivity contribution in [3.63, 3.8) is 0 Å². The zero-order valence-corrected chi connectivity index (χ0v) is 10.8. The van der Waals surface area contributed by atoms with Crippen LogP contribution in [0.3, 0.4) is 0 Å². The molecule has 0 saturated carbocycles. The molecule has 4 heteroatoms. The minimum atomic E-state index is -3.29. The summed E-state index contributed by atoms with van der Waals surface area (Å²) >= 11 is 0. The average molecular weight is 236 g/mol. The molecule has 0 atom stereocenters. The third kappa shape index (κ3) is 9.61. The van der Waals surface area contributed by atoms with E-state index >= 15 is 0 Å².